The van der Waals surface area contributed by atoms with Crippen molar-refractivity contribution in [2.75, 3.05) is 5.32 Å². The van der Waals surface area contributed by atoms with E-state index in [1.807, 2.05) is 18.2 Å². The number of benzene rings is 1. The summed E-state index contributed by atoms with van der Waals surface area (Å²) >= 11 is 0. The Morgan fingerprint density at radius 1 is 1.42 bits per heavy atom. The molecule has 0 saturated carbocycles. The van der Waals surface area contributed by atoms with Gasteiger partial charge in [0.1, 0.15) is 6.23 Å². The molecule has 1 unspecified atom stereocenters. The van der Waals surface area contributed by atoms with E-state index in [0.717, 1.165) is 5.69 Å². The summed E-state index contributed by atoms with van der Waals surface area (Å²) in [6.07, 6.45) is 3.15. The number of aliphatic hydroxyl groups excluding tert-OH is 1. The van der Waals surface area contributed by atoms with Gasteiger partial charge < -0.3 is 10.4 Å². The molecule has 2 N–H and O–H groups in total. The normalized spacial score (nSPS) is 20.0. The minimum Gasteiger partial charge on any atom is -0.370 e. The van der Waals surface area contributed by atoms with Crippen molar-refractivity contribution in [1.82, 2.24) is 0 Å². The van der Waals surface area contributed by atoms with Crippen molar-refractivity contribution in [3.8, 4) is 0 Å². The largest absolute Gasteiger partial charge is 0.370 e. The molecule has 62 valence electrons. The number of hydrogen-bond acceptors (Lipinski definition) is 2. The first-order valence-electron chi connectivity index (χ1n) is 4.00. The van der Waals surface area contributed by atoms with E-state index >= 15 is 0 Å². The van der Waals surface area contributed by atoms with Gasteiger partial charge >= 0.3 is 0 Å². The zero-order valence-electron chi connectivity index (χ0n) is 6.91. The fourth-order valence-corrected chi connectivity index (χ4v) is 1.42. The summed E-state index contributed by atoms with van der Waals surface area (Å²) < 4.78 is 0. The molecular formula is C10H11NO. The van der Waals surface area contributed by atoms with Crippen LogP contribution in [0, 0.1) is 6.92 Å². The van der Waals surface area contributed by atoms with Crippen LogP contribution in [0.1, 0.15) is 11.1 Å². The second-order valence-corrected chi connectivity index (χ2v) is 2.98. The lowest BCUT2D eigenvalue weighted by atomic mass is 10.0. The molecule has 1 aromatic carbocycles. The summed E-state index contributed by atoms with van der Waals surface area (Å²) in [5, 5.41) is 12.2. The highest BCUT2D eigenvalue weighted by Gasteiger charge is 2.09. The molecule has 2 heteroatoms. The first-order chi connectivity index (χ1) is 5.77. The molecule has 12 heavy (non-hydrogen) atoms. The second-order valence-electron chi connectivity index (χ2n) is 2.98. The standard InChI is InChI=1S/C10H11NO/c1-7-3-2-4-9-8(7)5-6-10(12)11-9/h2-6,10-12H,1H3. The zero-order valence-corrected chi connectivity index (χ0v) is 6.91. The van der Waals surface area contributed by atoms with Crippen molar-refractivity contribution in [3.05, 3.63) is 35.4 Å². The highest BCUT2D eigenvalue weighted by molar-refractivity contribution is 5.72. The Morgan fingerprint density at radius 2 is 2.25 bits per heavy atom. The summed E-state index contributed by atoms with van der Waals surface area (Å²) in [7, 11) is 0. The van der Waals surface area contributed by atoms with Gasteiger partial charge in [-0.2, -0.15) is 0 Å². The molecule has 1 aliphatic heterocycles. The fraction of sp³-hybridized carbons (Fsp3) is 0.200. The molecule has 1 aliphatic rings. The lowest BCUT2D eigenvalue weighted by Gasteiger charge is -2.18. The number of anilines is 1. The number of aliphatic hydroxyl groups is 1. The van der Waals surface area contributed by atoms with Gasteiger partial charge in [0.05, 0.1) is 0 Å². The van der Waals surface area contributed by atoms with Crippen molar-refractivity contribution in [3.63, 3.8) is 0 Å². The van der Waals surface area contributed by atoms with E-state index in [1.54, 1.807) is 6.08 Å². The molecule has 0 aromatic heterocycles. The first-order valence-corrected chi connectivity index (χ1v) is 4.00. The SMILES string of the molecule is Cc1cccc2c1C=CC(O)N2. The van der Waals surface area contributed by atoms with Crippen molar-refractivity contribution < 1.29 is 5.11 Å². The summed E-state index contributed by atoms with van der Waals surface area (Å²) in [5.41, 5.74) is 3.40. The predicted octanol–water partition coefficient (Wildman–Crippen LogP) is 1.75. The van der Waals surface area contributed by atoms with E-state index in [-0.39, 0.29) is 0 Å². The van der Waals surface area contributed by atoms with Gasteiger partial charge in [-0.05, 0) is 24.6 Å². The average Bonchev–Trinajstić information content (AvgIpc) is 2.04. The third-order valence-corrected chi connectivity index (χ3v) is 2.07. The molecule has 0 amide bonds. The molecule has 0 bridgehead atoms. The van der Waals surface area contributed by atoms with Crippen LogP contribution in [0.25, 0.3) is 6.08 Å². The molecule has 1 aromatic rings. The summed E-state index contributed by atoms with van der Waals surface area (Å²) in [4.78, 5) is 0. The van der Waals surface area contributed by atoms with Crippen LogP contribution in [0.2, 0.25) is 0 Å². The maximum atomic E-state index is 9.25. The highest BCUT2D eigenvalue weighted by atomic mass is 16.3. The average molecular weight is 161 g/mol. The third kappa shape index (κ3) is 1.10. The van der Waals surface area contributed by atoms with Crippen LogP contribution in [-0.2, 0) is 0 Å². The quantitative estimate of drug-likeness (QED) is 0.607. The van der Waals surface area contributed by atoms with Crippen LogP contribution in [0.5, 0.6) is 0 Å². The molecule has 1 atom stereocenters. The summed E-state index contributed by atoms with van der Waals surface area (Å²) in [6.45, 7) is 2.06. The Bertz CT molecular complexity index is 331. The van der Waals surface area contributed by atoms with Gasteiger partial charge in [-0.25, -0.2) is 0 Å². The van der Waals surface area contributed by atoms with Gasteiger partial charge in [0.25, 0.3) is 0 Å². The monoisotopic (exact) mass is 161 g/mol. The van der Waals surface area contributed by atoms with Crippen molar-refractivity contribution >= 4 is 11.8 Å². The van der Waals surface area contributed by atoms with Gasteiger partial charge in [-0.15, -0.1) is 0 Å². The van der Waals surface area contributed by atoms with Crippen LogP contribution < -0.4 is 5.32 Å². The van der Waals surface area contributed by atoms with E-state index in [2.05, 4.69) is 18.3 Å². The van der Waals surface area contributed by atoms with Gasteiger partial charge in [0, 0.05) is 11.3 Å². The number of nitrogens with one attached hydrogen (secondary N) is 1. The van der Waals surface area contributed by atoms with Crippen LogP contribution in [-0.4, -0.2) is 11.3 Å². The van der Waals surface area contributed by atoms with Crippen LogP contribution in [0.3, 0.4) is 0 Å². The van der Waals surface area contributed by atoms with E-state index < -0.39 is 6.23 Å². The van der Waals surface area contributed by atoms with E-state index in [0.29, 0.717) is 0 Å². The van der Waals surface area contributed by atoms with Crippen molar-refractivity contribution in [2.45, 2.75) is 13.2 Å². The molecule has 0 radical (unpaired) electrons. The van der Waals surface area contributed by atoms with Gasteiger partial charge in [0.2, 0.25) is 0 Å². The van der Waals surface area contributed by atoms with Crippen LogP contribution in [0.15, 0.2) is 24.3 Å². The van der Waals surface area contributed by atoms with Crippen molar-refractivity contribution in [1.29, 1.82) is 0 Å². The minimum absolute atomic E-state index is 0.542. The van der Waals surface area contributed by atoms with E-state index in [1.165, 1.54) is 11.1 Å². The molecule has 0 spiro atoms. The number of rotatable bonds is 0. The van der Waals surface area contributed by atoms with Crippen LogP contribution >= 0.6 is 0 Å². The van der Waals surface area contributed by atoms with Gasteiger partial charge in [-0.1, -0.05) is 18.2 Å². The number of aryl methyl sites for hydroxylation is 1. The lowest BCUT2D eigenvalue weighted by Crippen LogP contribution is -2.19. The number of fused-ring (bicyclic) bond motifs is 1. The topological polar surface area (TPSA) is 32.3 Å². The Labute approximate surface area is 71.5 Å². The van der Waals surface area contributed by atoms with Gasteiger partial charge in [0.15, 0.2) is 0 Å². The predicted molar refractivity (Wildman–Crippen MR) is 49.8 cm³/mol. The Balaban J connectivity index is 2.53. The fourth-order valence-electron chi connectivity index (χ4n) is 1.42. The van der Waals surface area contributed by atoms with E-state index in [9.17, 15) is 5.11 Å². The highest BCUT2D eigenvalue weighted by Crippen LogP contribution is 2.24. The maximum Gasteiger partial charge on any atom is 0.144 e. The summed E-state index contributed by atoms with van der Waals surface area (Å²) in [5.74, 6) is 0. The minimum atomic E-state index is -0.542. The van der Waals surface area contributed by atoms with E-state index in [4.69, 9.17) is 0 Å². The third-order valence-electron chi connectivity index (χ3n) is 2.07. The smallest absolute Gasteiger partial charge is 0.144 e. The zero-order chi connectivity index (χ0) is 8.55. The molecule has 0 aliphatic carbocycles. The van der Waals surface area contributed by atoms with Crippen molar-refractivity contribution in [2.24, 2.45) is 0 Å². The Hall–Kier alpha value is -1.28. The lowest BCUT2D eigenvalue weighted by molar-refractivity contribution is 0.252. The molecule has 2 rings (SSSR count). The molecule has 1 heterocycles. The first kappa shape index (κ1) is 7.37. The Kier molecular flexibility index (Phi) is 1.62. The number of hydrogen-bond donors (Lipinski definition) is 2. The molecule has 0 saturated heterocycles. The molecule has 2 nitrogen and oxygen atoms in total. The van der Waals surface area contributed by atoms with Crippen LogP contribution in [0.4, 0.5) is 5.69 Å². The molecule has 0 fully saturated rings. The Morgan fingerprint density at radius 3 is 3.08 bits per heavy atom. The summed E-state index contributed by atoms with van der Waals surface area (Å²) in [6, 6.07) is 6.00. The molecular weight excluding hydrogens is 150 g/mol. The second kappa shape index (κ2) is 2.64. The van der Waals surface area contributed by atoms with Gasteiger partial charge in [-0.3, -0.25) is 0 Å². The maximum absolute atomic E-state index is 9.25.